The van der Waals surface area contributed by atoms with Gasteiger partial charge in [-0.25, -0.2) is 4.98 Å². The van der Waals surface area contributed by atoms with E-state index in [4.69, 9.17) is 4.74 Å². The summed E-state index contributed by atoms with van der Waals surface area (Å²) in [7, 11) is 0. The summed E-state index contributed by atoms with van der Waals surface area (Å²) in [6.45, 7) is 0.00504. The summed E-state index contributed by atoms with van der Waals surface area (Å²) in [6.07, 6.45) is 2.64. The summed E-state index contributed by atoms with van der Waals surface area (Å²) in [5.41, 5.74) is 0.757. The van der Waals surface area contributed by atoms with Crippen molar-refractivity contribution >= 4 is 38.9 Å². The lowest BCUT2D eigenvalue weighted by molar-refractivity contribution is -0.145. The van der Waals surface area contributed by atoms with Crippen LogP contribution in [-0.2, 0) is 22.6 Å². The minimum Gasteiger partial charge on any atom is -0.459 e. The Bertz CT molecular complexity index is 890. The van der Waals surface area contributed by atoms with Crippen molar-refractivity contribution in [1.82, 2.24) is 9.38 Å². The number of pyridine rings is 1. The summed E-state index contributed by atoms with van der Waals surface area (Å²) in [5.74, 6) is -0.295. The van der Waals surface area contributed by atoms with E-state index in [9.17, 15) is 9.59 Å². The van der Waals surface area contributed by atoms with Crippen molar-refractivity contribution in [2.75, 3.05) is 0 Å². The molecular formula is C16H13BrN2O3S. The smallest absolute Gasteiger partial charge is 0.306 e. The number of carbonyl (C=O) groups excluding carboxylic acids is 1. The van der Waals surface area contributed by atoms with E-state index in [1.54, 1.807) is 29.7 Å². The third-order valence-electron chi connectivity index (χ3n) is 3.21. The Labute approximate surface area is 144 Å². The number of esters is 1. The second kappa shape index (κ2) is 7.06. The van der Waals surface area contributed by atoms with Gasteiger partial charge in [-0.15, -0.1) is 11.3 Å². The fourth-order valence-corrected chi connectivity index (χ4v) is 3.15. The molecule has 0 radical (unpaired) electrons. The number of nitrogens with zero attached hydrogens (tertiary/aromatic N) is 2. The van der Waals surface area contributed by atoms with E-state index in [0.717, 1.165) is 9.35 Å². The minimum atomic E-state index is -0.295. The quantitative estimate of drug-likeness (QED) is 0.625. The number of thiophene rings is 1. The van der Waals surface area contributed by atoms with Crippen LogP contribution < -0.4 is 5.56 Å². The van der Waals surface area contributed by atoms with E-state index in [2.05, 4.69) is 20.9 Å². The van der Waals surface area contributed by atoms with Crippen molar-refractivity contribution in [3.05, 3.63) is 67.3 Å². The van der Waals surface area contributed by atoms with Crippen LogP contribution in [0.5, 0.6) is 0 Å². The van der Waals surface area contributed by atoms with E-state index >= 15 is 0 Å². The van der Waals surface area contributed by atoms with Gasteiger partial charge in [0.05, 0.1) is 12.1 Å². The molecule has 0 aromatic carbocycles. The predicted octanol–water partition coefficient (Wildman–Crippen LogP) is 3.19. The number of aryl methyl sites for hydroxylation is 1. The Kier molecular flexibility index (Phi) is 4.88. The van der Waals surface area contributed by atoms with Crippen LogP contribution in [0, 0.1) is 0 Å². The predicted molar refractivity (Wildman–Crippen MR) is 91.6 cm³/mol. The second-order valence-corrected chi connectivity index (χ2v) is 6.85. The Morgan fingerprint density at radius 1 is 1.35 bits per heavy atom. The van der Waals surface area contributed by atoms with Gasteiger partial charge in [0.15, 0.2) is 0 Å². The lowest BCUT2D eigenvalue weighted by Crippen LogP contribution is -2.16. The summed E-state index contributed by atoms with van der Waals surface area (Å²) >= 11 is 4.93. The van der Waals surface area contributed by atoms with Crippen molar-refractivity contribution in [2.45, 2.75) is 19.4 Å². The average Bonchev–Trinajstić information content (AvgIpc) is 3.05. The van der Waals surface area contributed by atoms with Gasteiger partial charge < -0.3 is 4.74 Å². The van der Waals surface area contributed by atoms with Gasteiger partial charge >= 0.3 is 5.97 Å². The highest BCUT2D eigenvalue weighted by Crippen LogP contribution is 2.12. The highest BCUT2D eigenvalue weighted by molar-refractivity contribution is 9.10. The first-order valence-corrected chi connectivity index (χ1v) is 8.65. The third-order valence-corrected chi connectivity index (χ3v) is 4.62. The zero-order chi connectivity index (χ0) is 16.2. The number of carbonyl (C=O) groups is 1. The molecule has 0 aliphatic carbocycles. The van der Waals surface area contributed by atoms with Crippen LogP contribution in [0.15, 0.2) is 51.2 Å². The van der Waals surface area contributed by atoms with Crippen molar-refractivity contribution < 1.29 is 9.53 Å². The van der Waals surface area contributed by atoms with E-state index < -0.39 is 0 Å². The summed E-state index contributed by atoms with van der Waals surface area (Å²) in [6, 6.07) is 8.86. The van der Waals surface area contributed by atoms with Gasteiger partial charge in [-0.3, -0.25) is 14.0 Å². The molecule has 0 amide bonds. The van der Waals surface area contributed by atoms with E-state index in [1.807, 2.05) is 17.5 Å². The fraction of sp³-hybridized carbons (Fsp3) is 0.188. The lowest BCUT2D eigenvalue weighted by atomic mass is 10.3. The van der Waals surface area contributed by atoms with Gasteiger partial charge in [0.1, 0.15) is 12.3 Å². The number of rotatable bonds is 5. The first-order valence-electron chi connectivity index (χ1n) is 6.98. The molecule has 3 aromatic rings. The van der Waals surface area contributed by atoms with Gasteiger partial charge in [-0.2, -0.15) is 0 Å². The molecule has 0 bridgehead atoms. The van der Waals surface area contributed by atoms with E-state index in [1.165, 1.54) is 10.5 Å². The molecule has 23 heavy (non-hydrogen) atoms. The van der Waals surface area contributed by atoms with Gasteiger partial charge in [0.2, 0.25) is 0 Å². The van der Waals surface area contributed by atoms with E-state index in [-0.39, 0.29) is 18.1 Å². The minimum absolute atomic E-state index is 0.00504. The van der Waals surface area contributed by atoms with Gasteiger partial charge in [-0.05, 0) is 45.9 Å². The van der Waals surface area contributed by atoms with Crippen LogP contribution in [0.2, 0.25) is 0 Å². The molecule has 0 unspecified atom stereocenters. The molecule has 7 heteroatoms. The van der Waals surface area contributed by atoms with E-state index in [0.29, 0.717) is 24.2 Å². The molecule has 3 rings (SSSR count). The van der Waals surface area contributed by atoms with Crippen LogP contribution in [-0.4, -0.2) is 15.4 Å². The Hall–Kier alpha value is -1.99. The van der Waals surface area contributed by atoms with Crippen molar-refractivity contribution in [3.8, 4) is 0 Å². The molecule has 0 N–H and O–H groups in total. The number of ether oxygens (including phenoxy) is 1. The normalized spacial score (nSPS) is 10.8. The third kappa shape index (κ3) is 4.05. The summed E-state index contributed by atoms with van der Waals surface area (Å²) < 4.78 is 7.43. The topological polar surface area (TPSA) is 60.7 Å². The van der Waals surface area contributed by atoms with Crippen LogP contribution in [0.3, 0.4) is 0 Å². The monoisotopic (exact) mass is 392 g/mol. The second-order valence-electron chi connectivity index (χ2n) is 4.90. The molecule has 3 aromatic heterocycles. The SMILES string of the molecule is O=C(CCc1cccs1)OCc1cc(=O)n2cc(Br)ccc2n1. The average molecular weight is 393 g/mol. The molecule has 0 aliphatic heterocycles. The van der Waals surface area contributed by atoms with Crippen LogP contribution in [0.4, 0.5) is 0 Å². The Morgan fingerprint density at radius 3 is 3.00 bits per heavy atom. The molecule has 0 saturated heterocycles. The molecule has 118 valence electrons. The van der Waals surface area contributed by atoms with Crippen LogP contribution in [0.25, 0.3) is 5.65 Å². The highest BCUT2D eigenvalue weighted by atomic mass is 79.9. The largest absolute Gasteiger partial charge is 0.459 e. The molecule has 5 nitrogen and oxygen atoms in total. The van der Waals surface area contributed by atoms with Crippen LogP contribution in [0.1, 0.15) is 17.0 Å². The first kappa shape index (κ1) is 15.9. The number of halogens is 1. The van der Waals surface area contributed by atoms with Gasteiger partial charge in [0.25, 0.3) is 5.56 Å². The number of fused-ring (bicyclic) bond motifs is 1. The van der Waals surface area contributed by atoms with Crippen molar-refractivity contribution in [2.24, 2.45) is 0 Å². The standard InChI is InChI=1S/C16H13BrN2O3S/c17-11-3-5-14-18-12(8-15(20)19(14)9-11)10-22-16(21)6-4-13-2-1-7-23-13/h1-3,5,7-9H,4,6,10H2. The zero-order valence-corrected chi connectivity index (χ0v) is 14.5. The molecular weight excluding hydrogens is 380 g/mol. The molecule has 0 atom stereocenters. The maximum absolute atomic E-state index is 12.0. The summed E-state index contributed by atoms with van der Waals surface area (Å²) in [4.78, 5) is 29.3. The maximum Gasteiger partial charge on any atom is 0.306 e. The number of hydrogen-bond donors (Lipinski definition) is 0. The molecule has 0 spiro atoms. The number of hydrogen-bond acceptors (Lipinski definition) is 5. The molecule has 3 heterocycles. The van der Waals surface area contributed by atoms with Gasteiger partial charge in [0, 0.05) is 21.6 Å². The van der Waals surface area contributed by atoms with Gasteiger partial charge in [-0.1, -0.05) is 6.07 Å². The lowest BCUT2D eigenvalue weighted by Gasteiger charge is -2.06. The molecule has 0 saturated carbocycles. The molecule has 0 fully saturated rings. The highest BCUT2D eigenvalue weighted by Gasteiger charge is 2.08. The van der Waals surface area contributed by atoms with Crippen molar-refractivity contribution in [1.29, 1.82) is 0 Å². The summed E-state index contributed by atoms with van der Waals surface area (Å²) in [5, 5.41) is 1.98. The fourth-order valence-electron chi connectivity index (χ4n) is 2.11. The molecule has 0 aliphatic rings. The van der Waals surface area contributed by atoms with Crippen LogP contribution >= 0.6 is 27.3 Å². The maximum atomic E-state index is 12.0. The Morgan fingerprint density at radius 2 is 2.22 bits per heavy atom. The zero-order valence-electron chi connectivity index (χ0n) is 12.1. The van der Waals surface area contributed by atoms with Crippen molar-refractivity contribution in [3.63, 3.8) is 0 Å². The number of aromatic nitrogens is 2. The first-order chi connectivity index (χ1) is 11.1. The Balaban J connectivity index is 1.64.